The smallest absolute Gasteiger partial charge is 0.342 e. The lowest BCUT2D eigenvalue weighted by atomic mass is 10.2. The molecule has 12 heteroatoms. The lowest BCUT2D eigenvalue weighted by Gasteiger charge is -2.26. The van der Waals surface area contributed by atoms with Gasteiger partial charge < -0.3 is 19.9 Å². The third-order valence-electron chi connectivity index (χ3n) is 4.34. The zero-order valence-electron chi connectivity index (χ0n) is 16.0. The van der Waals surface area contributed by atoms with Gasteiger partial charge in [0.15, 0.2) is 6.61 Å². The number of amides is 1. The molecule has 1 aliphatic rings. The molecular weight excluding hydrogens is 560 g/mol. The number of hydrogen-bond acceptors (Lipinski definition) is 7. The summed E-state index contributed by atoms with van der Waals surface area (Å²) >= 11 is 6.61. The molecule has 0 saturated carbocycles. The fraction of sp³-hybridized carbons (Fsp3) is 0.263. The number of esters is 1. The highest BCUT2D eigenvalue weighted by atomic mass is 79.9. The Balaban J connectivity index is 1.68. The maximum atomic E-state index is 12.8. The van der Waals surface area contributed by atoms with E-state index in [1.165, 1.54) is 10.4 Å². The molecule has 0 radical (unpaired) electrons. The van der Waals surface area contributed by atoms with Crippen molar-refractivity contribution in [2.24, 2.45) is 0 Å². The van der Waals surface area contributed by atoms with Crippen LogP contribution in [0.2, 0.25) is 0 Å². The molecule has 1 saturated heterocycles. The molecule has 31 heavy (non-hydrogen) atoms. The SMILES string of the molecule is O=C(COC(=O)c1cc(S(=O)(=O)N2CCOCC2)ccc1O)Nc1ccc(Br)cc1Br. The van der Waals surface area contributed by atoms with Crippen LogP contribution < -0.4 is 5.32 Å². The minimum Gasteiger partial charge on any atom is -0.507 e. The van der Waals surface area contributed by atoms with Gasteiger partial charge >= 0.3 is 5.97 Å². The Labute approximate surface area is 195 Å². The number of phenols is 1. The molecule has 2 N–H and O–H groups in total. The van der Waals surface area contributed by atoms with Crippen molar-refractivity contribution < 1.29 is 32.6 Å². The van der Waals surface area contributed by atoms with Crippen molar-refractivity contribution in [1.82, 2.24) is 4.31 Å². The zero-order chi connectivity index (χ0) is 22.6. The minimum absolute atomic E-state index is 0.164. The fourth-order valence-corrected chi connectivity index (χ4v) is 5.34. The molecule has 2 aromatic carbocycles. The molecule has 1 amide bonds. The summed E-state index contributed by atoms with van der Waals surface area (Å²) in [7, 11) is -3.87. The highest BCUT2D eigenvalue weighted by molar-refractivity contribution is 9.11. The summed E-state index contributed by atoms with van der Waals surface area (Å²) in [4.78, 5) is 24.3. The number of sulfonamides is 1. The Bertz CT molecular complexity index is 1100. The number of hydrogen-bond donors (Lipinski definition) is 2. The summed E-state index contributed by atoms with van der Waals surface area (Å²) in [6.07, 6.45) is 0. The van der Waals surface area contributed by atoms with Gasteiger partial charge in [-0.25, -0.2) is 13.2 Å². The molecule has 1 aliphatic heterocycles. The van der Waals surface area contributed by atoms with E-state index in [0.29, 0.717) is 10.2 Å². The summed E-state index contributed by atoms with van der Waals surface area (Å²) in [5.74, 6) is -2.09. The molecule has 9 nitrogen and oxygen atoms in total. The number of phenolic OH excluding ortho intramolecular Hbond substituents is 1. The van der Waals surface area contributed by atoms with Gasteiger partial charge in [-0.2, -0.15) is 4.31 Å². The van der Waals surface area contributed by atoms with Gasteiger partial charge in [-0.05, 0) is 52.3 Å². The topological polar surface area (TPSA) is 122 Å². The normalized spacial score (nSPS) is 14.8. The number of halogens is 2. The number of morpholine rings is 1. The Morgan fingerprint density at radius 2 is 1.84 bits per heavy atom. The number of carbonyl (C=O) groups is 2. The first-order valence-electron chi connectivity index (χ1n) is 9.01. The first-order valence-corrected chi connectivity index (χ1v) is 12.0. The molecule has 1 heterocycles. The molecule has 0 atom stereocenters. The van der Waals surface area contributed by atoms with Gasteiger partial charge in [-0.1, -0.05) is 15.9 Å². The predicted octanol–water partition coefficient (Wildman–Crippen LogP) is 2.73. The third kappa shape index (κ3) is 5.83. The second-order valence-electron chi connectivity index (χ2n) is 6.44. The Hall–Kier alpha value is -1.99. The van der Waals surface area contributed by atoms with Gasteiger partial charge in [-0.15, -0.1) is 0 Å². The van der Waals surface area contributed by atoms with Crippen LogP contribution in [0.5, 0.6) is 5.75 Å². The lowest BCUT2D eigenvalue weighted by Crippen LogP contribution is -2.40. The second-order valence-corrected chi connectivity index (χ2v) is 10.2. The number of ether oxygens (including phenoxy) is 2. The van der Waals surface area contributed by atoms with Gasteiger partial charge in [0.05, 0.1) is 23.8 Å². The van der Waals surface area contributed by atoms with Crippen LogP contribution in [0.1, 0.15) is 10.4 Å². The first-order chi connectivity index (χ1) is 14.7. The maximum absolute atomic E-state index is 12.8. The van der Waals surface area contributed by atoms with Crippen molar-refractivity contribution in [2.75, 3.05) is 38.2 Å². The van der Waals surface area contributed by atoms with Crippen LogP contribution in [0.15, 0.2) is 50.2 Å². The number of nitrogens with zero attached hydrogens (tertiary/aromatic N) is 1. The number of anilines is 1. The molecule has 166 valence electrons. The number of nitrogens with one attached hydrogen (secondary N) is 1. The summed E-state index contributed by atoms with van der Waals surface area (Å²) in [6.45, 7) is 0.302. The van der Waals surface area contributed by atoms with Crippen LogP contribution >= 0.6 is 31.9 Å². The van der Waals surface area contributed by atoms with Gasteiger partial charge in [0, 0.05) is 22.0 Å². The van der Waals surface area contributed by atoms with Gasteiger partial charge in [0.1, 0.15) is 11.3 Å². The quantitative estimate of drug-likeness (QED) is 0.506. The van der Waals surface area contributed by atoms with Crippen LogP contribution in [0, 0.1) is 0 Å². The van der Waals surface area contributed by atoms with Crippen molar-refractivity contribution in [3.63, 3.8) is 0 Å². The average molecular weight is 578 g/mol. The van der Waals surface area contributed by atoms with E-state index in [9.17, 15) is 23.1 Å². The van der Waals surface area contributed by atoms with Crippen molar-refractivity contribution >= 4 is 59.4 Å². The molecule has 0 aliphatic carbocycles. The Morgan fingerprint density at radius 1 is 1.13 bits per heavy atom. The van der Waals surface area contributed by atoms with Gasteiger partial charge in [-0.3, -0.25) is 4.79 Å². The number of rotatable bonds is 6. The molecule has 0 aromatic heterocycles. The van der Waals surface area contributed by atoms with Gasteiger partial charge in [0.2, 0.25) is 10.0 Å². The van der Waals surface area contributed by atoms with E-state index < -0.39 is 34.3 Å². The Morgan fingerprint density at radius 3 is 2.52 bits per heavy atom. The largest absolute Gasteiger partial charge is 0.507 e. The number of aromatic hydroxyl groups is 1. The summed E-state index contributed by atoms with van der Waals surface area (Å²) in [6, 6.07) is 8.45. The first kappa shape index (κ1) is 23.7. The molecule has 2 aromatic rings. The third-order valence-corrected chi connectivity index (χ3v) is 7.38. The van der Waals surface area contributed by atoms with Crippen LogP contribution in [0.25, 0.3) is 0 Å². The standard InChI is InChI=1S/C19H18Br2N2O7S/c20-12-1-3-16(15(21)9-12)22-18(25)11-30-19(26)14-10-13(2-4-17(14)24)31(27,28)23-5-7-29-8-6-23/h1-4,9-10,24H,5-8,11H2,(H,22,25). The van der Waals surface area contributed by atoms with Crippen LogP contribution in [-0.2, 0) is 24.3 Å². The zero-order valence-corrected chi connectivity index (χ0v) is 20.0. The van der Waals surface area contributed by atoms with E-state index in [1.807, 2.05) is 0 Å². The van der Waals surface area contributed by atoms with E-state index in [1.54, 1.807) is 18.2 Å². The highest BCUT2D eigenvalue weighted by Gasteiger charge is 2.28. The summed E-state index contributed by atoms with van der Waals surface area (Å²) in [5.41, 5.74) is 0.123. The predicted molar refractivity (Wildman–Crippen MR) is 118 cm³/mol. The van der Waals surface area contributed by atoms with Crippen molar-refractivity contribution in [2.45, 2.75) is 4.90 Å². The number of benzene rings is 2. The molecule has 3 rings (SSSR count). The van der Waals surface area contributed by atoms with Crippen molar-refractivity contribution in [1.29, 1.82) is 0 Å². The van der Waals surface area contributed by atoms with E-state index in [-0.39, 0.29) is 36.8 Å². The number of carbonyl (C=O) groups excluding carboxylic acids is 2. The van der Waals surface area contributed by atoms with Crippen molar-refractivity contribution in [3.05, 3.63) is 50.9 Å². The van der Waals surface area contributed by atoms with Crippen LogP contribution in [0.4, 0.5) is 5.69 Å². The monoisotopic (exact) mass is 576 g/mol. The molecule has 1 fully saturated rings. The van der Waals surface area contributed by atoms with E-state index in [0.717, 1.165) is 16.6 Å². The van der Waals surface area contributed by atoms with Gasteiger partial charge in [0.25, 0.3) is 5.91 Å². The van der Waals surface area contributed by atoms with Crippen molar-refractivity contribution in [3.8, 4) is 5.75 Å². The van der Waals surface area contributed by atoms with E-state index >= 15 is 0 Å². The minimum atomic E-state index is -3.87. The van der Waals surface area contributed by atoms with E-state index in [4.69, 9.17) is 9.47 Å². The fourth-order valence-electron chi connectivity index (χ4n) is 2.76. The summed E-state index contributed by atoms with van der Waals surface area (Å²) < 4.78 is 38.3. The second kappa shape index (κ2) is 10.1. The molecule has 0 unspecified atom stereocenters. The van der Waals surface area contributed by atoms with E-state index in [2.05, 4.69) is 37.2 Å². The molecule has 0 spiro atoms. The lowest BCUT2D eigenvalue weighted by molar-refractivity contribution is -0.119. The summed E-state index contributed by atoms with van der Waals surface area (Å²) in [5, 5.41) is 12.6. The highest BCUT2D eigenvalue weighted by Crippen LogP contribution is 2.27. The van der Waals surface area contributed by atoms with Crippen LogP contribution in [0.3, 0.4) is 0 Å². The molecular formula is C19H18Br2N2O7S. The molecule has 0 bridgehead atoms. The average Bonchev–Trinajstić information content (AvgIpc) is 2.75. The Kier molecular flexibility index (Phi) is 7.70. The maximum Gasteiger partial charge on any atom is 0.342 e. The van der Waals surface area contributed by atoms with Crippen LogP contribution in [-0.4, -0.2) is 62.6 Å².